The molecule has 0 saturated carbocycles. The molecule has 82 valence electrons. The quantitative estimate of drug-likeness (QED) is 0.560. The molecule has 0 bridgehead atoms. The number of rotatable bonds is 1. The van der Waals surface area contributed by atoms with Crippen molar-refractivity contribution >= 4 is 44.0 Å². The smallest absolute Gasteiger partial charge is 0.304 e. The zero-order valence-corrected chi connectivity index (χ0v) is 10.7. The number of thiazole rings is 1. The molecule has 0 spiro atoms. The Hall–Kier alpha value is -1.62. The van der Waals surface area contributed by atoms with E-state index in [1.54, 1.807) is 4.57 Å². The van der Waals surface area contributed by atoms with Gasteiger partial charge in [-0.3, -0.25) is 0 Å². The largest absolute Gasteiger partial charge is 0.332 e. The van der Waals surface area contributed by atoms with Crippen molar-refractivity contribution < 1.29 is 0 Å². The van der Waals surface area contributed by atoms with Crippen molar-refractivity contribution in [3.05, 3.63) is 43.0 Å². The van der Waals surface area contributed by atoms with Crippen LogP contribution in [0.1, 0.15) is 0 Å². The van der Waals surface area contributed by atoms with E-state index in [1.165, 1.54) is 11.3 Å². The van der Waals surface area contributed by atoms with Gasteiger partial charge in [-0.2, -0.15) is 0 Å². The molecule has 2 heterocycles. The second kappa shape index (κ2) is 2.98. The number of fused-ring (bicyclic) bond motifs is 3. The molecular weight excluding hydrogens is 302 g/mol. The van der Waals surface area contributed by atoms with Crippen molar-refractivity contribution in [2.75, 3.05) is 0 Å². The molecule has 6 heteroatoms. The predicted molar refractivity (Wildman–Crippen MR) is 69.0 cm³/mol. The summed E-state index contributed by atoms with van der Waals surface area (Å²) in [7, 11) is 0. The van der Waals surface area contributed by atoms with Crippen LogP contribution in [0.25, 0.3) is 21.9 Å². The Balaban J connectivity index is 2.16. The Morgan fingerprint density at radius 1 is 1.47 bits per heavy atom. The Morgan fingerprint density at radius 2 is 2.35 bits per heavy atom. The van der Waals surface area contributed by atoms with E-state index in [0.717, 1.165) is 26.1 Å². The van der Waals surface area contributed by atoms with E-state index in [1.807, 2.05) is 17.5 Å². The lowest BCUT2D eigenvalue weighted by Gasteiger charge is -1.95. The molecular formula is C11H4BrN3OS. The molecule has 2 aromatic heterocycles. The number of benzene rings is 1. The van der Waals surface area contributed by atoms with Gasteiger partial charge in [0.05, 0.1) is 16.3 Å². The number of hydrogen-bond acceptors (Lipinski definition) is 3. The molecule has 4 nitrogen and oxygen atoms in total. The number of H-pyrrole nitrogens is 1. The predicted octanol–water partition coefficient (Wildman–Crippen LogP) is 0.602. The highest BCUT2D eigenvalue weighted by molar-refractivity contribution is 9.10. The lowest BCUT2D eigenvalue weighted by Crippen LogP contribution is -2.14. The van der Waals surface area contributed by atoms with E-state index in [2.05, 4.69) is 31.6 Å². The summed E-state index contributed by atoms with van der Waals surface area (Å²) in [4.78, 5) is 19.1. The van der Waals surface area contributed by atoms with E-state index >= 15 is 0 Å². The molecule has 0 amide bonds. The minimum Gasteiger partial charge on any atom is -0.304 e. The molecule has 3 aromatic rings. The Labute approximate surface area is 107 Å². The number of nitrogens with zero attached hydrogens (tertiary/aromatic N) is 2. The molecule has 1 aliphatic carbocycles. The van der Waals surface area contributed by atoms with Crippen LogP contribution in [0.3, 0.4) is 0 Å². The second-order valence-electron chi connectivity index (χ2n) is 3.73. The normalized spacial score (nSPS) is 12.1. The van der Waals surface area contributed by atoms with E-state index in [9.17, 15) is 4.79 Å². The third-order valence-corrected chi connectivity index (χ3v) is 4.25. The van der Waals surface area contributed by atoms with Crippen molar-refractivity contribution in [1.29, 1.82) is 0 Å². The minimum atomic E-state index is -0.163. The summed E-state index contributed by atoms with van der Waals surface area (Å²) in [5, 5.41) is 4.60. The van der Waals surface area contributed by atoms with E-state index in [-0.39, 0.29) is 5.69 Å². The summed E-state index contributed by atoms with van der Waals surface area (Å²) >= 11 is 4.72. The summed E-state index contributed by atoms with van der Waals surface area (Å²) < 4.78 is 2.33. The summed E-state index contributed by atoms with van der Waals surface area (Å²) in [5.41, 5.74) is 4.65. The number of aromatic amines is 1. The van der Waals surface area contributed by atoms with Gasteiger partial charge in [-0.1, -0.05) is 0 Å². The van der Waals surface area contributed by atoms with Gasteiger partial charge in [0.25, 0.3) is 0 Å². The van der Waals surface area contributed by atoms with Gasteiger partial charge >= 0.3 is 5.69 Å². The van der Waals surface area contributed by atoms with Gasteiger partial charge < -0.3 is 4.98 Å². The number of hydrogen-bond donors (Lipinski definition) is 1. The zero-order chi connectivity index (χ0) is 11.6. The van der Waals surface area contributed by atoms with Crippen molar-refractivity contribution in [3.63, 3.8) is 0 Å². The highest BCUT2D eigenvalue weighted by Crippen LogP contribution is 2.20. The summed E-state index contributed by atoms with van der Waals surface area (Å²) in [6, 6.07) is 3.88. The Morgan fingerprint density at radius 3 is 3.12 bits per heavy atom. The maximum absolute atomic E-state index is 12.0. The van der Waals surface area contributed by atoms with Gasteiger partial charge in [0.2, 0.25) is 0 Å². The molecule has 0 radical (unpaired) electrons. The maximum Gasteiger partial charge on any atom is 0.332 e. The molecule has 0 aliphatic heterocycles. The lowest BCUT2D eigenvalue weighted by molar-refractivity contribution is 0.993. The standard InChI is InChI=1S/C11H4BrN3OS/c12-8-4-17-11(13-8)15-7-2-1-5-3-6(5)9(7)14-10(15)16/h1-2,4H,(H,14,16). The number of aromatic nitrogens is 3. The molecule has 17 heavy (non-hydrogen) atoms. The second-order valence-corrected chi connectivity index (χ2v) is 5.37. The third kappa shape index (κ3) is 1.23. The highest BCUT2D eigenvalue weighted by Gasteiger charge is 2.14. The fraction of sp³-hybridized carbons (Fsp3) is 0. The van der Waals surface area contributed by atoms with Crippen molar-refractivity contribution in [2.45, 2.75) is 0 Å². The fourth-order valence-corrected chi connectivity index (χ4v) is 3.18. The number of halogens is 1. The maximum atomic E-state index is 12.0. The summed E-state index contributed by atoms with van der Waals surface area (Å²) in [6.07, 6.45) is 0. The zero-order valence-electron chi connectivity index (χ0n) is 8.32. The fourth-order valence-electron chi connectivity index (χ4n) is 1.92. The first-order chi connectivity index (χ1) is 8.24. The van der Waals surface area contributed by atoms with Crippen LogP contribution in [0.4, 0.5) is 0 Å². The molecule has 1 aliphatic rings. The molecule has 0 fully saturated rings. The molecule has 1 aromatic carbocycles. The first-order valence-electron chi connectivity index (χ1n) is 4.90. The summed E-state index contributed by atoms with van der Waals surface area (Å²) in [6.45, 7) is 0. The first-order valence-corrected chi connectivity index (χ1v) is 6.57. The van der Waals surface area contributed by atoms with Crippen LogP contribution in [-0.2, 0) is 0 Å². The Kier molecular flexibility index (Phi) is 1.65. The monoisotopic (exact) mass is 305 g/mol. The van der Waals surface area contributed by atoms with E-state index in [0.29, 0.717) is 5.13 Å². The van der Waals surface area contributed by atoms with Crippen LogP contribution in [0.5, 0.6) is 0 Å². The van der Waals surface area contributed by atoms with Crippen LogP contribution in [-0.4, -0.2) is 14.5 Å². The first kappa shape index (κ1) is 9.41. The van der Waals surface area contributed by atoms with Gasteiger partial charge in [0, 0.05) is 10.6 Å². The van der Waals surface area contributed by atoms with Crippen LogP contribution >= 0.6 is 27.3 Å². The van der Waals surface area contributed by atoms with Gasteiger partial charge in [0.15, 0.2) is 5.13 Å². The number of imidazole rings is 1. The van der Waals surface area contributed by atoms with Gasteiger partial charge in [-0.15, -0.1) is 17.1 Å². The van der Waals surface area contributed by atoms with Gasteiger partial charge in [-0.05, 0) is 28.1 Å². The van der Waals surface area contributed by atoms with E-state index in [4.69, 9.17) is 0 Å². The molecule has 0 unspecified atom stereocenters. The van der Waals surface area contributed by atoms with Gasteiger partial charge in [0.1, 0.15) is 4.60 Å². The highest BCUT2D eigenvalue weighted by atomic mass is 79.9. The average Bonchev–Trinajstić information content (AvgIpc) is 2.86. The van der Waals surface area contributed by atoms with Crippen LogP contribution in [0.2, 0.25) is 0 Å². The summed E-state index contributed by atoms with van der Waals surface area (Å²) in [5.74, 6) is 0. The SMILES string of the molecule is O=c1[nH]c2c3c(ccc2n1-c1nc(Br)cs1)=C=3. The Bertz CT molecular complexity index is 959. The lowest BCUT2D eigenvalue weighted by atomic mass is 10.3. The van der Waals surface area contributed by atoms with Crippen molar-refractivity contribution in [2.24, 2.45) is 0 Å². The minimum absolute atomic E-state index is 0.163. The van der Waals surface area contributed by atoms with Gasteiger partial charge in [-0.25, -0.2) is 14.3 Å². The van der Waals surface area contributed by atoms with E-state index < -0.39 is 0 Å². The molecule has 4 rings (SSSR count). The van der Waals surface area contributed by atoms with Crippen LogP contribution in [0.15, 0.2) is 26.9 Å². The molecule has 0 saturated heterocycles. The molecule has 0 atom stereocenters. The van der Waals surface area contributed by atoms with Crippen molar-refractivity contribution in [3.8, 4) is 5.13 Å². The van der Waals surface area contributed by atoms with Crippen LogP contribution in [0, 0.1) is 0 Å². The topological polar surface area (TPSA) is 50.7 Å². The van der Waals surface area contributed by atoms with Crippen molar-refractivity contribution in [1.82, 2.24) is 14.5 Å². The number of nitrogens with one attached hydrogen (secondary N) is 1. The third-order valence-electron chi connectivity index (χ3n) is 2.71. The van der Waals surface area contributed by atoms with Crippen LogP contribution < -0.4 is 16.1 Å². The molecule has 1 N–H and O–H groups in total. The average molecular weight is 306 g/mol.